The van der Waals surface area contributed by atoms with E-state index in [1.54, 1.807) is 0 Å². The smallest absolute Gasteiger partial charge is 0.211 e. The fourth-order valence-electron chi connectivity index (χ4n) is 1.50. The Bertz CT molecular complexity index is 236. The van der Waals surface area contributed by atoms with Gasteiger partial charge in [0.2, 0.25) is 10.0 Å². The summed E-state index contributed by atoms with van der Waals surface area (Å²) >= 11 is 3.39. The van der Waals surface area contributed by atoms with Gasteiger partial charge in [-0.05, 0) is 25.2 Å². The largest absolute Gasteiger partial charge is 0.215 e. The van der Waals surface area contributed by atoms with Crippen LogP contribution in [0.2, 0.25) is 0 Å². The monoisotopic (exact) mass is 299 g/mol. The molecule has 1 N–H and O–H groups in total. The molecule has 0 fully saturated rings. The van der Waals surface area contributed by atoms with Gasteiger partial charge in [0.25, 0.3) is 0 Å². The summed E-state index contributed by atoms with van der Waals surface area (Å²) in [5.74, 6) is 0.696. The van der Waals surface area contributed by atoms with Gasteiger partial charge >= 0.3 is 0 Å². The minimum atomic E-state index is -3.03. The highest BCUT2D eigenvalue weighted by Crippen LogP contribution is 2.12. The van der Waals surface area contributed by atoms with Crippen LogP contribution in [0.1, 0.15) is 39.5 Å². The predicted octanol–water partition coefficient (Wildman–Crippen LogP) is 2.52. The molecule has 1 unspecified atom stereocenters. The number of hydrogen-bond donors (Lipinski definition) is 1. The highest BCUT2D eigenvalue weighted by Gasteiger charge is 2.12. The molecule has 0 amide bonds. The van der Waals surface area contributed by atoms with E-state index in [1.807, 2.05) is 6.92 Å². The minimum Gasteiger partial charge on any atom is -0.215 e. The van der Waals surface area contributed by atoms with Crippen LogP contribution < -0.4 is 4.72 Å². The van der Waals surface area contributed by atoms with E-state index in [4.69, 9.17) is 0 Å². The molecule has 0 aliphatic rings. The van der Waals surface area contributed by atoms with Crippen molar-refractivity contribution in [2.45, 2.75) is 39.5 Å². The van der Waals surface area contributed by atoms with E-state index in [-0.39, 0.29) is 5.75 Å². The van der Waals surface area contributed by atoms with E-state index < -0.39 is 10.0 Å². The maximum Gasteiger partial charge on any atom is 0.211 e. The van der Waals surface area contributed by atoms with Gasteiger partial charge < -0.3 is 0 Å². The Labute approximate surface area is 102 Å². The Morgan fingerprint density at radius 3 is 2.33 bits per heavy atom. The Morgan fingerprint density at radius 2 is 1.87 bits per heavy atom. The lowest BCUT2D eigenvalue weighted by molar-refractivity contribution is 0.459. The molecular formula is C10H22BrNO2S. The summed E-state index contributed by atoms with van der Waals surface area (Å²) in [6.07, 6.45) is 3.89. The number of hydrogen-bond acceptors (Lipinski definition) is 2. The van der Waals surface area contributed by atoms with E-state index >= 15 is 0 Å². The van der Waals surface area contributed by atoms with Crippen LogP contribution in [0.3, 0.4) is 0 Å². The normalized spacial score (nSPS) is 14.1. The number of alkyl halides is 1. The van der Waals surface area contributed by atoms with Crippen molar-refractivity contribution in [3.63, 3.8) is 0 Å². The number of rotatable bonds is 9. The van der Waals surface area contributed by atoms with Crippen molar-refractivity contribution in [1.82, 2.24) is 4.72 Å². The van der Waals surface area contributed by atoms with Crippen LogP contribution in [0.5, 0.6) is 0 Å². The van der Waals surface area contributed by atoms with Gasteiger partial charge in [-0.2, -0.15) is 0 Å². The zero-order valence-corrected chi connectivity index (χ0v) is 12.0. The molecule has 0 bridgehead atoms. The van der Waals surface area contributed by atoms with E-state index in [2.05, 4.69) is 27.6 Å². The van der Waals surface area contributed by atoms with Crippen LogP contribution in [-0.4, -0.2) is 26.0 Å². The van der Waals surface area contributed by atoms with Crippen LogP contribution in [0.4, 0.5) is 0 Å². The molecule has 92 valence electrons. The first-order valence-corrected chi connectivity index (χ1v) is 8.36. The maximum atomic E-state index is 11.4. The lowest BCUT2D eigenvalue weighted by atomic mass is 10.0. The van der Waals surface area contributed by atoms with Crippen LogP contribution >= 0.6 is 15.9 Å². The first-order valence-electron chi connectivity index (χ1n) is 5.59. The summed E-state index contributed by atoms with van der Waals surface area (Å²) in [5.41, 5.74) is 0. The third-order valence-electron chi connectivity index (χ3n) is 2.28. The number of halogens is 1. The summed E-state index contributed by atoms with van der Waals surface area (Å²) in [6.45, 7) is 4.59. The molecule has 5 heteroatoms. The maximum absolute atomic E-state index is 11.4. The molecule has 0 aromatic rings. The molecule has 1 atom stereocenters. The SMILES string of the molecule is CCCC(CCBr)CNS(=O)(=O)CCC. The van der Waals surface area contributed by atoms with Gasteiger partial charge in [0.1, 0.15) is 0 Å². The van der Waals surface area contributed by atoms with Gasteiger partial charge in [-0.15, -0.1) is 0 Å². The highest BCUT2D eigenvalue weighted by atomic mass is 79.9. The summed E-state index contributed by atoms with van der Waals surface area (Å²) in [4.78, 5) is 0. The van der Waals surface area contributed by atoms with E-state index in [9.17, 15) is 8.42 Å². The quantitative estimate of drug-likeness (QED) is 0.665. The third kappa shape index (κ3) is 8.22. The van der Waals surface area contributed by atoms with Crippen LogP contribution in [-0.2, 0) is 10.0 Å². The zero-order valence-electron chi connectivity index (χ0n) is 9.63. The van der Waals surface area contributed by atoms with Gasteiger partial charge in [0.05, 0.1) is 5.75 Å². The first kappa shape index (κ1) is 15.4. The van der Waals surface area contributed by atoms with Crippen molar-refractivity contribution in [3.8, 4) is 0 Å². The predicted molar refractivity (Wildman–Crippen MR) is 68.9 cm³/mol. The lowest BCUT2D eigenvalue weighted by Gasteiger charge is -2.15. The minimum absolute atomic E-state index is 0.236. The summed E-state index contributed by atoms with van der Waals surface area (Å²) in [5, 5.41) is 0.938. The first-order chi connectivity index (χ1) is 7.05. The molecule has 15 heavy (non-hydrogen) atoms. The van der Waals surface area contributed by atoms with Gasteiger partial charge in [-0.1, -0.05) is 36.2 Å². The van der Waals surface area contributed by atoms with Gasteiger partial charge in [0, 0.05) is 11.9 Å². The second kappa shape index (κ2) is 8.53. The molecule has 0 aliphatic heterocycles. The molecule has 0 heterocycles. The van der Waals surface area contributed by atoms with Crippen molar-refractivity contribution in [2.75, 3.05) is 17.6 Å². The summed E-state index contributed by atoms with van der Waals surface area (Å²) < 4.78 is 25.5. The van der Waals surface area contributed by atoms with Gasteiger partial charge in [-0.25, -0.2) is 13.1 Å². The molecule has 0 saturated heterocycles. The van der Waals surface area contributed by atoms with Crippen molar-refractivity contribution in [2.24, 2.45) is 5.92 Å². The van der Waals surface area contributed by atoms with Crippen LogP contribution in [0.25, 0.3) is 0 Å². The highest BCUT2D eigenvalue weighted by molar-refractivity contribution is 9.09. The molecule has 0 rings (SSSR count). The Balaban J connectivity index is 3.97. The van der Waals surface area contributed by atoms with Gasteiger partial charge in [0.15, 0.2) is 0 Å². The lowest BCUT2D eigenvalue weighted by Crippen LogP contribution is -2.31. The average molecular weight is 300 g/mol. The molecule has 0 radical (unpaired) electrons. The van der Waals surface area contributed by atoms with Crippen LogP contribution in [0, 0.1) is 5.92 Å². The molecule has 0 aromatic carbocycles. The summed E-state index contributed by atoms with van der Waals surface area (Å²) in [6, 6.07) is 0. The molecule has 3 nitrogen and oxygen atoms in total. The van der Waals surface area contributed by atoms with Crippen molar-refractivity contribution in [3.05, 3.63) is 0 Å². The molecule has 0 aromatic heterocycles. The zero-order chi connectivity index (χ0) is 11.7. The number of nitrogens with one attached hydrogen (secondary N) is 1. The molecule has 0 saturated carbocycles. The second-order valence-electron chi connectivity index (χ2n) is 3.80. The summed E-state index contributed by atoms with van der Waals surface area (Å²) in [7, 11) is -3.03. The Hall–Kier alpha value is 0.390. The van der Waals surface area contributed by atoms with Crippen molar-refractivity contribution < 1.29 is 8.42 Å². The standard InChI is InChI=1S/C10H22BrNO2S/c1-3-5-10(6-7-11)9-12-15(13,14)8-4-2/h10,12H,3-9H2,1-2H3. The van der Waals surface area contributed by atoms with Crippen molar-refractivity contribution in [1.29, 1.82) is 0 Å². The van der Waals surface area contributed by atoms with E-state index in [1.165, 1.54) is 0 Å². The molecule has 0 aliphatic carbocycles. The van der Waals surface area contributed by atoms with Gasteiger partial charge in [-0.3, -0.25) is 0 Å². The number of sulfonamides is 1. The fourth-order valence-corrected chi connectivity index (χ4v) is 3.32. The van der Waals surface area contributed by atoms with E-state index in [0.29, 0.717) is 18.9 Å². The fraction of sp³-hybridized carbons (Fsp3) is 1.00. The second-order valence-corrected chi connectivity index (χ2v) is 6.52. The van der Waals surface area contributed by atoms with E-state index in [0.717, 1.165) is 24.6 Å². The Morgan fingerprint density at radius 1 is 1.20 bits per heavy atom. The van der Waals surface area contributed by atoms with Crippen LogP contribution in [0.15, 0.2) is 0 Å². The topological polar surface area (TPSA) is 46.2 Å². The Kier molecular flexibility index (Phi) is 8.75. The van der Waals surface area contributed by atoms with Crippen molar-refractivity contribution >= 4 is 26.0 Å². The molecule has 0 spiro atoms. The average Bonchev–Trinajstić information content (AvgIpc) is 2.15. The molecular weight excluding hydrogens is 278 g/mol. The third-order valence-corrected chi connectivity index (χ3v) is 4.29.